The number of hydrogen-bond donors (Lipinski definition) is 1. The monoisotopic (exact) mass is 348 g/mol. The van der Waals surface area contributed by atoms with Crippen molar-refractivity contribution < 1.29 is 4.74 Å². The fourth-order valence-corrected chi connectivity index (χ4v) is 2.94. The maximum atomic E-state index is 5.07. The van der Waals surface area contributed by atoms with Crippen LogP contribution in [0.15, 0.2) is 24.3 Å². The normalized spacial score (nSPS) is 13.2. The van der Waals surface area contributed by atoms with E-state index < -0.39 is 0 Å². The van der Waals surface area contributed by atoms with Crippen LogP contribution in [0.1, 0.15) is 22.4 Å². The van der Waals surface area contributed by atoms with Crippen LogP contribution >= 0.6 is 12.4 Å². The highest BCUT2D eigenvalue weighted by Gasteiger charge is 2.20. The van der Waals surface area contributed by atoms with Gasteiger partial charge in [0.25, 0.3) is 0 Å². The molecule has 130 valence electrons. The van der Waals surface area contributed by atoms with E-state index in [1.807, 2.05) is 6.92 Å². The number of halogens is 1. The van der Waals surface area contributed by atoms with Crippen LogP contribution in [-0.4, -0.2) is 36.8 Å². The van der Waals surface area contributed by atoms with Gasteiger partial charge < -0.3 is 15.0 Å². The Hall–Kier alpha value is -1.85. The molecule has 0 aliphatic carbocycles. The first-order valence-corrected chi connectivity index (χ1v) is 8.09. The highest BCUT2D eigenvalue weighted by atomic mass is 35.5. The maximum Gasteiger partial charge on any atom is 0.224 e. The molecule has 6 heteroatoms. The number of ether oxygens (including phenoxy) is 1. The summed E-state index contributed by atoms with van der Waals surface area (Å²) >= 11 is 0. The third-order valence-electron chi connectivity index (χ3n) is 4.38. The summed E-state index contributed by atoms with van der Waals surface area (Å²) in [4.78, 5) is 11.6. The second-order valence-corrected chi connectivity index (χ2v) is 5.94. The van der Waals surface area contributed by atoms with Gasteiger partial charge in [-0.05, 0) is 31.4 Å². The maximum absolute atomic E-state index is 5.07. The van der Waals surface area contributed by atoms with Crippen LogP contribution in [0.2, 0.25) is 0 Å². The topological polar surface area (TPSA) is 50.3 Å². The van der Waals surface area contributed by atoms with Crippen LogP contribution in [0, 0.1) is 13.8 Å². The summed E-state index contributed by atoms with van der Waals surface area (Å²) in [5.74, 6) is 1.71. The number of aromatic nitrogens is 2. The number of rotatable bonds is 5. The Kier molecular flexibility index (Phi) is 6.40. The van der Waals surface area contributed by atoms with E-state index >= 15 is 0 Å². The van der Waals surface area contributed by atoms with Gasteiger partial charge in [0.1, 0.15) is 5.82 Å². The van der Waals surface area contributed by atoms with Crippen LogP contribution in [0.5, 0.6) is 0 Å². The summed E-state index contributed by atoms with van der Waals surface area (Å²) in [5.41, 5.74) is 5.02. The van der Waals surface area contributed by atoms with Crippen LogP contribution in [-0.2, 0) is 17.7 Å². The van der Waals surface area contributed by atoms with E-state index in [0.29, 0.717) is 19.1 Å². The lowest BCUT2D eigenvalue weighted by Gasteiger charge is -2.31. The number of anilines is 2. The molecule has 0 saturated heterocycles. The summed E-state index contributed by atoms with van der Waals surface area (Å²) in [6, 6.07) is 8.66. The Morgan fingerprint density at radius 1 is 1.17 bits per heavy atom. The van der Waals surface area contributed by atoms with Crippen molar-refractivity contribution in [3.63, 3.8) is 0 Å². The van der Waals surface area contributed by atoms with Crippen LogP contribution in [0.3, 0.4) is 0 Å². The van der Waals surface area contributed by atoms with E-state index in [-0.39, 0.29) is 12.4 Å². The van der Waals surface area contributed by atoms with Gasteiger partial charge in [-0.25, -0.2) is 4.98 Å². The van der Waals surface area contributed by atoms with Crippen molar-refractivity contribution >= 4 is 24.2 Å². The van der Waals surface area contributed by atoms with Crippen molar-refractivity contribution in [1.82, 2.24) is 9.97 Å². The highest BCUT2D eigenvalue weighted by Crippen LogP contribution is 2.27. The highest BCUT2D eigenvalue weighted by molar-refractivity contribution is 5.85. The molecular weight excluding hydrogens is 324 g/mol. The van der Waals surface area contributed by atoms with E-state index in [1.54, 1.807) is 7.11 Å². The molecule has 1 aromatic carbocycles. The van der Waals surface area contributed by atoms with E-state index in [1.165, 1.54) is 11.1 Å². The number of benzene rings is 1. The third-order valence-corrected chi connectivity index (χ3v) is 4.38. The Balaban J connectivity index is 0.00000208. The van der Waals surface area contributed by atoms with Gasteiger partial charge in [-0.3, -0.25) is 0 Å². The molecule has 0 fully saturated rings. The lowest BCUT2D eigenvalue weighted by atomic mass is 9.99. The molecule has 0 bridgehead atoms. The zero-order valence-electron chi connectivity index (χ0n) is 14.5. The summed E-state index contributed by atoms with van der Waals surface area (Å²) in [5, 5.41) is 3.24. The van der Waals surface area contributed by atoms with Gasteiger partial charge in [-0.15, -0.1) is 12.4 Å². The summed E-state index contributed by atoms with van der Waals surface area (Å²) in [6.07, 6.45) is 1.06. The van der Waals surface area contributed by atoms with E-state index in [0.717, 1.165) is 36.6 Å². The number of fused-ring (bicyclic) bond motifs is 1. The lowest BCUT2D eigenvalue weighted by Crippen LogP contribution is -2.32. The van der Waals surface area contributed by atoms with Gasteiger partial charge in [0.05, 0.1) is 6.61 Å². The van der Waals surface area contributed by atoms with Crippen LogP contribution in [0.4, 0.5) is 11.8 Å². The first-order valence-electron chi connectivity index (χ1n) is 8.09. The largest absolute Gasteiger partial charge is 0.383 e. The van der Waals surface area contributed by atoms with Gasteiger partial charge in [0.2, 0.25) is 5.95 Å². The Morgan fingerprint density at radius 2 is 1.92 bits per heavy atom. The Morgan fingerprint density at radius 3 is 2.67 bits per heavy atom. The zero-order chi connectivity index (χ0) is 16.2. The van der Waals surface area contributed by atoms with Crippen molar-refractivity contribution in [3.05, 3.63) is 46.6 Å². The van der Waals surface area contributed by atoms with Crippen molar-refractivity contribution in [2.24, 2.45) is 0 Å². The molecule has 24 heavy (non-hydrogen) atoms. The minimum Gasteiger partial charge on any atom is -0.383 e. The minimum absolute atomic E-state index is 0. The molecule has 0 amide bonds. The Bertz CT molecular complexity index is 693. The van der Waals surface area contributed by atoms with Crippen molar-refractivity contribution in [3.8, 4) is 0 Å². The van der Waals surface area contributed by atoms with Gasteiger partial charge >= 0.3 is 0 Å². The van der Waals surface area contributed by atoms with Crippen molar-refractivity contribution in [1.29, 1.82) is 0 Å². The summed E-state index contributed by atoms with van der Waals surface area (Å²) < 4.78 is 5.07. The second kappa shape index (κ2) is 8.31. The average molecular weight is 349 g/mol. The molecule has 0 saturated carbocycles. The number of nitrogens with one attached hydrogen (secondary N) is 1. The fraction of sp³-hybridized carbons (Fsp3) is 0.444. The van der Waals surface area contributed by atoms with E-state index in [4.69, 9.17) is 9.72 Å². The fourth-order valence-electron chi connectivity index (χ4n) is 2.94. The van der Waals surface area contributed by atoms with Crippen LogP contribution < -0.4 is 10.2 Å². The molecule has 0 radical (unpaired) electrons. The zero-order valence-corrected chi connectivity index (χ0v) is 15.3. The molecule has 2 aromatic rings. The molecule has 1 aliphatic heterocycles. The van der Waals surface area contributed by atoms with Gasteiger partial charge in [-0.1, -0.05) is 24.3 Å². The molecule has 1 aliphatic rings. The first kappa shape index (κ1) is 18.5. The van der Waals surface area contributed by atoms with E-state index in [2.05, 4.69) is 46.4 Å². The molecule has 3 rings (SSSR count). The number of methoxy groups -OCH3 is 1. The molecule has 1 N–H and O–H groups in total. The van der Waals surface area contributed by atoms with Gasteiger partial charge in [-0.2, -0.15) is 4.98 Å². The quantitative estimate of drug-likeness (QED) is 0.841. The van der Waals surface area contributed by atoms with Crippen molar-refractivity contribution in [2.75, 3.05) is 37.0 Å². The molecule has 0 atom stereocenters. The third kappa shape index (κ3) is 3.97. The lowest BCUT2D eigenvalue weighted by molar-refractivity contribution is 0.210. The van der Waals surface area contributed by atoms with Crippen molar-refractivity contribution in [2.45, 2.75) is 26.8 Å². The standard InChI is InChI=1S/C18H24N4O.ClH/c1-13-14(2)20-18(19-9-11-23-3)21-17(13)22-10-8-15-6-4-5-7-16(15)12-22;/h4-7H,8-12H2,1-3H3,(H,19,20,21);1H. The molecular formula is C18H25ClN4O. The molecule has 2 heterocycles. The molecule has 5 nitrogen and oxygen atoms in total. The first-order chi connectivity index (χ1) is 11.2. The number of nitrogens with zero attached hydrogens (tertiary/aromatic N) is 3. The second-order valence-electron chi connectivity index (χ2n) is 5.94. The van der Waals surface area contributed by atoms with Crippen LogP contribution in [0.25, 0.3) is 0 Å². The van der Waals surface area contributed by atoms with E-state index in [9.17, 15) is 0 Å². The smallest absolute Gasteiger partial charge is 0.224 e. The van der Waals surface area contributed by atoms with Gasteiger partial charge in [0.15, 0.2) is 0 Å². The SMILES string of the molecule is COCCNc1nc(C)c(C)c(N2CCc3ccccc3C2)n1.Cl. The molecule has 0 spiro atoms. The predicted molar refractivity (Wildman–Crippen MR) is 100 cm³/mol. The number of aryl methyl sites for hydroxylation is 1. The molecule has 1 aromatic heterocycles. The summed E-state index contributed by atoms with van der Waals surface area (Å²) in [6.45, 7) is 7.39. The summed E-state index contributed by atoms with van der Waals surface area (Å²) in [7, 11) is 1.69. The predicted octanol–water partition coefficient (Wildman–Crippen LogP) is 3.14. The molecule has 0 unspecified atom stereocenters. The Labute approximate surface area is 149 Å². The number of hydrogen-bond acceptors (Lipinski definition) is 5. The minimum atomic E-state index is 0. The van der Waals surface area contributed by atoms with Gasteiger partial charge in [0, 0.05) is 38.0 Å². The average Bonchev–Trinajstić information content (AvgIpc) is 2.57.